The SMILES string of the molecule is c1ccc(-c2cccc(-c3cc(-c4cc5ccccc5c5c4-c4ccccc4C54c5ccccc5-c5ccccc54)nc(-c4ccccc4)n3)c2)cc1. The van der Waals surface area contributed by atoms with Gasteiger partial charge in [0.25, 0.3) is 0 Å². The van der Waals surface area contributed by atoms with Gasteiger partial charge in [0.2, 0.25) is 0 Å². The van der Waals surface area contributed by atoms with Gasteiger partial charge in [-0.3, -0.25) is 0 Å². The summed E-state index contributed by atoms with van der Waals surface area (Å²) >= 11 is 0. The van der Waals surface area contributed by atoms with Gasteiger partial charge in [-0.25, -0.2) is 9.97 Å². The normalized spacial score (nSPS) is 13.1. The predicted molar refractivity (Wildman–Crippen MR) is 218 cm³/mol. The van der Waals surface area contributed by atoms with Crippen LogP contribution in [0.2, 0.25) is 0 Å². The Labute approximate surface area is 308 Å². The van der Waals surface area contributed by atoms with Crippen molar-refractivity contribution in [3.63, 3.8) is 0 Å². The Hall–Kier alpha value is -6.90. The van der Waals surface area contributed by atoms with Crippen molar-refractivity contribution in [2.45, 2.75) is 5.41 Å². The third kappa shape index (κ3) is 4.33. The summed E-state index contributed by atoms with van der Waals surface area (Å²) in [7, 11) is 0. The van der Waals surface area contributed by atoms with E-state index in [9.17, 15) is 0 Å². The molecule has 8 aromatic carbocycles. The Morgan fingerprint density at radius 2 is 0.868 bits per heavy atom. The molecule has 1 aromatic heterocycles. The van der Waals surface area contributed by atoms with E-state index in [4.69, 9.17) is 9.97 Å². The molecule has 1 spiro atoms. The number of fused-ring (bicyclic) bond motifs is 12. The molecule has 246 valence electrons. The first kappa shape index (κ1) is 29.8. The van der Waals surface area contributed by atoms with Crippen molar-refractivity contribution in [1.82, 2.24) is 9.97 Å². The first-order valence-corrected chi connectivity index (χ1v) is 18.3. The van der Waals surface area contributed by atoms with Crippen LogP contribution in [0.1, 0.15) is 22.3 Å². The van der Waals surface area contributed by atoms with Gasteiger partial charge in [0.1, 0.15) is 0 Å². The summed E-state index contributed by atoms with van der Waals surface area (Å²) in [4.78, 5) is 10.7. The van der Waals surface area contributed by atoms with E-state index in [2.05, 4.69) is 188 Å². The van der Waals surface area contributed by atoms with Gasteiger partial charge in [0, 0.05) is 16.7 Å². The highest BCUT2D eigenvalue weighted by Crippen LogP contribution is 2.65. The van der Waals surface area contributed by atoms with Gasteiger partial charge in [-0.15, -0.1) is 0 Å². The van der Waals surface area contributed by atoms with Crippen molar-refractivity contribution >= 4 is 10.8 Å². The molecule has 0 N–H and O–H groups in total. The monoisotopic (exact) mass is 672 g/mol. The number of hydrogen-bond acceptors (Lipinski definition) is 2. The molecule has 0 aliphatic heterocycles. The van der Waals surface area contributed by atoms with E-state index in [1.54, 1.807) is 0 Å². The predicted octanol–water partition coefficient (Wildman–Crippen LogP) is 12.6. The molecule has 0 atom stereocenters. The third-order valence-corrected chi connectivity index (χ3v) is 11.3. The summed E-state index contributed by atoms with van der Waals surface area (Å²) in [5.41, 5.74) is 17.2. The maximum Gasteiger partial charge on any atom is 0.160 e. The Morgan fingerprint density at radius 1 is 0.340 bits per heavy atom. The van der Waals surface area contributed by atoms with Crippen LogP contribution in [0.5, 0.6) is 0 Å². The van der Waals surface area contributed by atoms with Crippen LogP contribution in [0.3, 0.4) is 0 Å². The van der Waals surface area contributed by atoms with Gasteiger partial charge in [0.05, 0.1) is 16.8 Å². The first-order chi connectivity index (χ1) is 26.3. The van der Waals surface area contributed by atoms with Gasteiger partial charge < -0.3 is 0 Å². The Morgan fingerprint density at radius 3 is 1.58 bits per heavy atom. The van der Waals surface area contributed by atoms with E-state index < -0.39 is 5.41 Å². The third-order valence-electron chi connectivity index (χ3n) is 11.3. The van der Waals surface area contributed by atoms with Crippen molar-refractivity contribution in [3.8, 4) is 67.3 Å². The van der Waals surface area contributed by atoms with E-state index >= 15 is 0 Å². The van der Waals surface area contributed by atoms with Crippen molar-refractivity contribution in [1.29, 1.82) is 0 Å². The second-order valence-electron chi connectivity index (χ2n) is 14.1. The standard InChI is InChI=1S/C51H32N2/c1-3-16-33(17-4-1)35-21-15-22-37(30-35)46-32-47(53-50(52-46)34-18-5-2-6-19-34)42-31-36-20-7-8-23-38(36)49-48(42)41-26-11-14-29-45(41)51(49)43-27-12-9-24-39(43)40-25-10-13-28-44(40)51/h1-32H. The fourth-order valence-electron chi connectivity index (χ4n) is 9.11. The quantitative estimate of drug-likeness (QED) is 0.186. The molecule has 0 bridgehead atoms. The van der Waals surface area contributed by atoms with Crippen LogP contribution in [0.25, 0.3) is 78.1 Å². The van der Waals surface area contributed by atoms with E-state index in [0.717, 1.165) is 33.6 Å². The maximum atomic E-state index is 5.43. The number of benzene rings is 8. The van der Waals surface area contributed by atoms with Crippen molar-refractivity contribution in [3.05, 3.63) is 216 Å². The zero-order valence-electron chi connectivity index (χ0n) is 28.9. The Kier molecular flexibility index (Phi) is 6.50. The highest BCUT2D eigenvalue weighted by atomic mass is 14.9. The summed E-state index contributed by atoms with van der Waals surface area (Å²) in [6.45, 7) is 0. The molecule has 0 unspecified atom stereocenters. The van der Waals surface area contributed by atoms with E-state index in [1.165, 1.54) is 60.8 Å². The number of nitrogens with zero attached hydrogens (tertiary/aromatic N) is 2. The summed E-state index contributed by atoms with van der Waals surface area (Å²) in [5.74, 6) is 0.711. The van der Waals surface area contributed by atoms with Gasteiger partial charge in [0.15, 0.2) is 5.82 Å². The van der Waals surface area contributed by atoms with Crippen LogP contribution < -0.4 is 0 Å². The lowest BCUT2D eigenvalue weighted by Crippen LogP contribution is -2.26. The van der Waals surface area contributed by atoms with Crippen LogP contribution >= 0.6 is 0 Å². The number of aromatic nitrogens is 2. The summed E-state index contributed by atoms with van der Waals surface area (Å²) in [6, 6.07) is 70.2. The van der Waals surface area contributed by atoms with Gasteiger partial charge in [-0.05, 0) is 84.6 Å². The van der Waals surface area contributed by atoms with E-state index in [0.29, 0.717) is 5.82 Å². The second kappa shape index (κ2) is 11.6. The zero-order chi connectivity index (χ0) is 34.9. The van der Waals surface area contributed by atoms with Crippen molar-refractivity contribution in [2.24, 2.45) is 0 Å². The van der Waals surface area contributed by atoms with Crippen LogP contribution in [0, 0.1) is 0 Å². The molecule has 11 rings (SSSR count). The molecule has 0 saturated carbocycles. The van der Waals surface area contributed by atoms with Crippen LogP contribution in [0.15, 0.2) is 194 Å². The molecule has 0 saturated heterocycles. The topological polar surface area (TPSA) is 25.8 Å². The number of rotatable bonds is 4. The first-order valence-electron chi connectivity index (χ1n) is 18.3. The lowest BCUT2D eigenvalue weighted by atomic mass is 9.69. The highest BCUT2D eigenvalue weighted by molar-refractivity contribution is 6.08. The van der Waals surface area contributed by atoms with Crippen LogP contribution in [0.4, 0.5) is 0 Å². The lowest BCUT2D eigenvalue weighted by molar-refractivity contribution is 0.801. The molecule has 2 aliphatic rings. The minimum absolute atomic E-state index is 0.475. The molecule has 9 aromatic rings. The average molecular weight is 673 g/mol. The van der Waals surface area contributed by atoms with Crippen LogP contribution in [-0.2, 0) is 5.41 Å². The van der Waals surface area contributed by atoms with Crippen molar-refractivity contribution in [2.75, 3.05) is 0 Å². The summed E-state index contributed by atoms with van der Waals surface area (Å²) in [5, 5.41) is 2.46. The molecule has 0 fully saturated rings. The smallest absolute Gasteiger partial charge is 0.160 e. The summed E-state index contributed by atoms with van der Waals surface area (Å²) < 4.78 is 0. The molecule has 2 nitrogen and oxygen atoms in total. The second-order valence-corrected chi connectivity index (χ2v) is 14.1. The molecular formula is C51H32N2. The lowest BCUT2D eigenvalue weighted by Gasteiger charge is -2.31. The average Bonchev–Trinajstić information content (AvgIpc) is 3.72. The van der Waals surface area contributed by atoms with Crippen LogP contribution in [-0.4, -0.2) is 9.97 Å². The minimum Gasteiger partial charge on any atom is -0.228 e. The molecule has 2 aliphatic carbocycles. The fourth-order valence-corrected chi connectivity index (χ4v) is 9.11. The molecular weight excluding hydrogens is 641 g/mol. The molecule has 0 amide bonds. The maximum absolute atomic E-state index is 5.43. The van der Waals surface area contributed by atoms with E-state index in [1.807, 2.05) is 6.07 Å². The Bertz CT molecular complexity index is 2840. The van der Waals surface area contributed by atoms with Gasteiger partial charge in [-0.2, -0.15) is 0 Å². The largest absolute Gasteiger partial charge is 0.228 e. The van der Waals surface area contributed by atoms with Crippen molar-refractivity contribution < 1.29 is 0 Å². The Balaban J connectivity index is 1.25. The van der Waals surface area contributed by atoms with Gasteiger partial charge >= 0.3 is 0 Å². The van der Waals surface area contributed by atoms with E-state index in [-0.39, 0.29) is 0 Å². The van der Waals surface area contributed by atoms with Gasteiger partial charge in [-0.1, -0.05) is 176 Å². The summed E-state index contributed by atoms with van der Waals surface area (Å²) in [6.07, 6.45) is 0. The highest BCUT2D eigenvalue weighted by Gasteiger charge is 2.53. The fraction of sp³-hybridized carbons (Fsp3) is 0.0196. The molecule has 0 radical (unpaired) electrons. The minimum atomic E-state index is -0.475. The molecule has 2 heteroatoms. The molecule has 53 heavy (non-hydrogen) atoms. The molecule has 1 heterocycles. The zero-order valence-corrected chi connectivity index (χ0v) is 28.9. The number of hydrogen-bond donors (Lipinski definition) is 0.